The van der Waals surface area contributed by atoms with Crippen molar-refractivity contribution in [3.63, 3.8) is 0 Å². The van der Waals surface area contributed by atoms with Gasteiger partial charge in [0.2, 0.25) is 0 Å². The average Bonchev–Trinajstić information content (AvgIpc) is 3.44. The summed E-state index contributed by atoms with van der Waals surface area (Å²) in [5.74, 6) is 0.0902. The summed E-state index contributed by atoms with van der Waals surface area (Å²) in [6.07, 6.45) is 38.6. The Morgan fingerprint density at radius 2 is 0.714 bits per heavy atom. The van der Waals surface area contributed by atoms with E-state index in [0.29, 0.717) is 0 Å². The maximum atomic E-state index is 9.57. The minimum Gasteiger partial charge on any atom is -0.364 e. The molecule has 0 radical (unpaired) electrons. The second-order valence-corrected chi connectivity index (χ2v) is 12.5. The second kappa shape index (κ2) is 23.1. The third-order valence-electron chi connectivity index (χ3n) is 8.17. The van der Waals surface area contributed by atoms with Crippen LogP contribution in [0.2, 0.25) is 0 Å². The molecule has 2 nitrogen and oxygen atoms in total. The average molecular weight is 495 g/mol. The molecule has 0 saturated carbocycles. The number of aliphatic hydroxyl groups is 1. The van der Waals surface area contributed by atoms with Crippen LogP contribution in [-0.4, -0.2) is 17.0 Å². The lowest BCUT2D eigenvalue weighted by molar-refractivity contribution is 0.0549. The Morgan fingerprint density at radius 3 is 0.943 bits per heavy atom. The maximum Gasteiger partial charge on any atom is 0.190 e. The first kappa shape index (κ1) is 32.9. The molecule has 35 heavy (non-hydrogen) atoms. The van der Waals surface area contributed by atoms with Crippen LogP contribution in [-0.2, 0) is 4.74 Å². The number of hydrogen-bond donors (Lipinski definition) is 1. The molecule has 0 aromatic carbocycles. The van der Waals surface area contributed by atoms with Gasteiger partial charge in [-0.05, 0) is 19.3 Å². The smallest absolute Gasteiger partial charge is 0.190 e. The van der Waals surface area contributed by atoms with Gasteiger partial charge in [0.1, 0.15) is 6.10 Å². The molecule has 2 unspecified atom stereocenters. The van der Waals surface area contributed by atoms with Gasteiger partial charge in [0.15, 0.2) is 5.79 Å². The lowest BCUT2D eigenvalue weighted by Gasteiger charge is -2.05. The van der Waals surface area contributed by atoms with E-state index in [0.717, 1.165) is 12.3 Å². The maximum absolute atomic E-state index is 9.57. The highest BCUT2D eigenvalue weighted by Gasteiger charge is 2.49. The van der Waals surface area contributed by atoms with Crippen molar-refractivity contribution in [2.24, 2.45) is 5.92 Å². The predicted molar refractivity (Wildman–Crippen MR) is 155 cm³/mol. The van der Waals surface area contributed by atoms with Gasteiger partial charge in [-0.15, -0.1) is 0 Å². The molecule has 0 aromatic heterocycles. The van der Waals surface area contributed by atoms with Crippen molar-refractivity contribution in [3.8, 4) is 0 Å². The van der Waals surface area contributed by atoms with Crippen LogP contribution < -0.4 is 0 Å². The van der Waals surface area contributed by atoms with E-state index in [9.17, 15) is 5.11 Å². The molecule has 0 amide bonds. The van der Waals surface area contributed by atoms with Crippen molar-refractivity contribution in [1.82, 2.24) is 0 Å². The summed E-state index contributed by atoms with van der Waals surface area (Å²) in [6.45, 7) is 6.46. The highest BCUT2D eigenvalue weighted by Crippen LogP contribution is 2.36. The van der Waals surface area contributed by atoms with Gasteiger partial charge in [-0.25, -0.2) is 0 Å². The number of unbranched alkanes of at least 4 members (excludes halogenated alkanes) is 24. The summed E-state index contributed by atoms with van der Waals surface area (Å²) < 4.78 is 5.22. The summed E-state index contributed by atoms with van der Waals surface area (Å²) in [6, 6.07) is 0. The fourth-order valence-corrected chi connectivity index (χ4v) is 5.53. The molecule has 1 saturated heterocycles. The van der Waals surface area contributed by atoms with Crippen molar-refractivity contribution in [2.45, 2.75) is 206 Å². The Balaban J connectivity index is 1.61. The van der Waals surface area contributed by atoms with E-state index < -0.39 is 5.79 Å². The predicted octanol–water partition coefficient (Wildman–Crippen LogP) is 11.3. The standard InChI is InChI=1S/C33H66O2/c1-31(2)29-27-25-23-21-19-17-15-13-11-9-7-5-4-6-8-10-12-14-16-18-20-22-24-26-28-30-32-33(3,34)35-32/h31-32,34H,4-30H2,1-3H3. The summed E-state index contributed by atoms with van der Waals surface area (Å²) in [4.78, 5) is 0. The minimum absolute atomic E-state index is 0.117. The fraction of sp³-hybridized carbons (Fsp3) is 1.00. The first-order valence-corrected chi connectivity index (χ1v) is 16.4. The third-order valence-corrected chi connectivity index (χ3v) is 8.17. The van der Waals surface area contributed by atoms with Crippen molar-refractivity contribution in [2.75, 3.05) is 0 Å². The number of ether oxygens (including phenoxy) is 1. The molecule has 2 atom stereocenters. The molecule has 1 aliphatic heterocycles. The zero-order chi connectivity index (χ0) is 25.5. The molecule has 0 aromatic rings. The van der Waals surface area contributed by atoms with Crippen LogP contribution in [0.25, 0.3) is 0 Å². The fourth-order valence-electron chi connectivity index (χ4n) is 5.53. The van der Waals surface area contributed by atoms with Gasteiger partial charge in [0, 0.05) is 0 Å². The Bertz CT molecular complexity index is 431. The summed E-state index contributed by atoms with van der Waals surface area (Å²) >= 11 is 0. The molecule has 210 valence electrons. The SMILES string of the molecule is CC(C)CCCCCCCCCCCCCCCCCCCCCCCCCCCC1OC1(C)O. The zero-order valence-corrected chi connectivity index (χ0v) is 24.6. The molecule has 1 rings (SSSR count). The largest absolute Gasteiger partial charge is 0.364 e. The lowest BCUT2D eigenvalue weighted by Crippen LogP contribution is -2.06. The Hall–Kier alpha value is -0.0800. The summed E-state index contributed by atoms with van der Waals surface area (Å²) in [5.41, 5.74) is 0. The molecule has 1 aliphatic rings. The van der Waals surface area contributed by atoms with E-state index in [2.05, 4.69) is 13.8 Å². The Labute approximate surface area is 221 Å². The molecule has 0 bridgehead atoms. The molecule has 1 heterocycles. The molecular formula is C33H66O2. The topological polar surface area (TPSA) is 32.8 Å². The number of rotatable bonds is 28. The normalized spacial score (nSPS) is 19.6. The first-order valence-electron chi connectivity index (χ1n) is 16.4. The van der Waals surface area contributed by atoms with Crippen LogP contribution in [0.3, 0.4) is 0 Å². The van der Waals surface area contributed by atoms with Crippen LogP contribution in [0, 0.1) is 5.92 Å². The van der Waals surface area contributed by atoms with Gasteiger partial charge in [-0.1, -0.05) is 181 Å². The van der Waals surface area contributed by atoms with Gasteiger partial charge in [0.25, 0.3) is 0 Å². The number of hydrogen-bond acceptors (Lipinski definition) is 2. The molecule has 0 spiro atoms. The lowest BCUT2D eigenvalue weighted by atomic mass is 10.0. The van der Waals surface area contributed by atoms with Gasteiger partial charge in [0.05, 0.1) is 0 Å². The van der Waals surface area contributed by atoms with Gasteiger partial charge < -0.3 is 9.84 Å². The van der Waals surface area contributed by atoms with E-state index in [1.165, 1.54) is 167 Å². The minimum atomic E-state index is -0.800. The summed E-state index contributed by atoms with van der Waals surface area (Å²) in [5, 5.41) is 9.57. The Morgan fingerprint density at radius 1 is 0.486 bits per heavy atom. The third kappa shape index (κ3) is 22.8. The highest BCUT2D eigenvalue weighted by atomic mass is 16.7. The van der Waals surface area contributed by atoms with E-state index in [4.69, 9.17) is 4.74 Å². The second-order valence-electron chi connectivity index (χ2n) is 12.5. The van der Waals surface area contributed by atoms with Crippen molar-refractivity contribution >= 4 is 0 Å². The molecule has 1 fully saturated rings. The van der Waals surface area contributed by atoms with Crippen LogP contribution in [0.1, 0.15) is 194 Å². The Kier molecular flexibility index (Phi) is 21.7. The van der Waals surface area contributed by atoms with Crippen LogP contribution in [0.4, 0.5) is 0 Å². The quantitative estimate of drug-likeness (QED) is 0.0866. The molecule has 0 aliphatic carbocycles. The molecule has 1 N–H and O–H groups in total. The van der Waals surface area contributed by atoms with Crippen molar-refractivity contribution in [1.29, 1.82) is 0 Å². The highest BCUT2D eigenvalue weighted by molar-refractivity contribution is 4.87. The van der Waals surface area contributed by atoms with E-state index in [-0.39, 0.29) is 6.10 Å². The van der Waals surface area contributed by atoms with E-state index >= 15 is 0 Å². The monoisotopic (exact) mass is 495 g/mol. The molecular weight excluding hydrogens is 428 g/mol. The zero-order valence-electron chi connectivity index (χ0n) is 24.6. The van der Waals surface area contributed by atoms with Crippen LogP contribution in [0.15, 0.2) is 0 Å². The van der Waals surface area contributed by atoms with E-state index in [1.54, 1.807) is 6.92 Å². The molecule has 2 heteroatoms. The van der Waals surface area contributed by atoms with Crippen LogP contribution in [0.5, 0.6) is 0 Å². The number of epoxide rings is 1. The first-order chi connectivity index (χ1) is 17.0. The van der Waals surface area contributed by atoms with Gasteiger partial charge in [-0.2, -0.15) is 0 Å². The van der Waals surface area contributed by atoms with E-state index in [1.807, 2.05) is 0 Å². The van der Waals surface area contributed by atoms with Gasteiger partial charge >= 0.3 is 0 Å². The summed E-state index contributed by atoms with van der Waals surface area (Å²) in [7, 11) is 0. The van der Waals surface area contributed by atoms with Crippen LogP contribution >= 0.6 is 0 Å². The van der Waals surface area contributed by atoms with Gasteiger partial charge in [-0.3, -0.25) is 0 Å². The van der Waals surface area contributed by atoms with Crippen molar-refractivity contribution < 1.29 is 9.84 Å². The van der Waals surface area contributed by atoms with Crippen molar-refractivity contribution in [3.05, 3.63) is 0 Å².